The summed E-state index contributed by atoms with van der Waals surface area (Å²) in [4.78, 5) is 25.0. The van der Waals surface area contributed by atoms with Gasteiger partial charge in [-0.15, -0.1) is 0 Å². The number of aromatic hydroxyl groups is 1. The highest BCUT2D eigenvalue weighted by Crippen LogP contribution is 2.49. The van der Waals surface area contributed by atoms with Crippen molar-refractivity contribution >= 4 is 23.3 Å². The first-order valence-corrected chi connectivity index (χ1v) is 11.1. The van der Waals surface area contributed by atoms with Gasteiger partial charge in [0.2, 0.25) is 11.8 Å². The van der Waals surface area contributed by atoms with E-state index in [-0.39, 0.29) is 29.3 Å². The van der Waals surface area contributed by atoms with E-state index in [1.54, 1.807) is 12.1 Å². The number of Topliss-reactive ketones (excluding diaryl/α,β-unsaturated/α-hetero) is 1. The smallest absolute Gasteiger partial charge is 0.233 e. The van der Waals surface area contributed by atoms with Gasteiger partial charge in [0.05, 0.1) is 18.4 Å². The van der Waals surface area contributed by atoms with Gasteiger partial charge in [-0.2, -0.15) is 0 Å². The Morgan fingerprint density at radius 2 is 1.91 bits per heavy atom. The number of rotatable bonds is 4. The van der Waals surface area contributed by atoms with Crippen molar-refractivity contribution in [1.29, 1.82) is 0 Å². The summed E-state index contributed by atoms with van der Waals surface area (Å²) in [5, 5.41) is 20.2. The molecule has 1 aromatic heterocycles. The molecule has 8 heteroatoms. The zero-order chi connectivity index (χ0) is 24.0. The lowest BCUT2D eigenvalue weighted by Gasteiger charge is -2.34. The molecule has 174 valence electrons. The predicted molar refractivity (Wildman–Crippen MR) is 126 cm³/mol. The van der Waals surface area contributed by atoms with E-state index in [1.165, 1.54) is 14.0 Å². The molecule has 2 atom stereocenters. The lowest BCUT2D eigenvalue weighted by molar-refractivity contribution is -0.116. The molecule has 2 unspecified atom stereocenters. The highest BCUT2D eigenvalue weighted by atomic mass is 16.5. The summed E-state index contributed by atoms with van der Waals surface area (Å²) in [5.74, 6) is 0.515. The van der Waals surface area contributed by atoms with E-state index in [0.29, 0.717) is 35.7 Å². The molecule has 0 saturated carbocycles. The molecule has 0 radical (unpaired) electrons. The summed E-state index contributed by atoms with van der Waals surface area (Å²) in [7, 11) is 1.50. The molecule has 2 heterocycles. The minimum absolute atomic E-state index is 0.0491. The Bertz CT molecular complexity index is 1320. The van der Waals surface area contributed by atoms with E-state index in [0.717, 1.165) is 28.1 Å². The van der Waals surface area contributed by atoms with Gasteiger partial charge in [-0.1, -0.05) is 23.4 Å². The Morgan fingerprint density at radius 1 is 1.18 bits per heavy atom. The normalized spacial score (nSPS) is 19.2. The number of hydrogen-bond donors (Lipinski definition) is 3. The largest absolute Gasteiger partial charge is 0.504 e. The summed E-state index contributed by atoms with van der Waals surface area (Å²) in [6.07, 6.45) is 0.948. The molecule has 0 spiro atoms. The number of anilines is 2. The van der Waals surface area contributed by atoms with Crippen LogP contribution in [0.25, 0.3) is 0 Å². The number of carbonyl (C=O) groups is 2. The first-order chi connectivity index (χ1) is 16.4. The van der Waals surface area contributed by atoms with E-state index in [2.05, 4.69) is 15.8 Å². The number of methoxy groups -OCH3 is 1. The summed E-state index contributed by atoms with van der Waals surface area (Å²) < 4.78 is 10.8. The lowest BCUT2D eigenvalue weighted by Crippen LogP contribution is -2.29. The van der Waals surface area contributed by atoms with Crippen LogP contribution >= 0.6 is 0 Å². The molecule has 2 aromatic carbocycles. The van der Waals surface area contributed by atoms with E-state index < -0.39 is 0 Å². The van der Waals surface area contributed by atoms with E-state index >= 15 is 0 Å². The maximum Gasteiger partial charge on any atom is 0.233 e. The van der Waals surface area contributed by atoms with Crippen LogP contribution in [0.5, 0.6) is 11.5 Å². The fraction of sp³-hybridized carbons (Fsp3) is 0.269. The fourth-order valence-electron chi connectivity index (χ4n) is 4.95. The number of aryl methyl sites for hydroxylation is 1. The quantitative estimate of drug-likeness (QED) is 0.522. The molecule has 3 aromatic rings. The second-order valence-electron chi connectivity index (χ2n) is 8.72. The number of nitrogens with zero attached hydrogens (tertiary/aromatic N) is 1. The number of benzene rings is 2. The summed E-state index contributed by atoms with van der Waals surface area (Å²) in [6.45, 7) is 3.33. The van der Waals surface area contributed by atoms with Gasteiger partial charge in [0.15, 0.2) is 17.3 Å². The number of amides is 1. The zero-order valence-electron chi connectivity index (χ0n) is 19.1. The highest BCUT2D eigenvalue weighted by molar-refractivity contribution is 6.01. The third kappa shape index (κ3) is 3.71. The van der Waals surface area contributed by atoms with Crippen molar-refractivity contribution < 1.29 is 24.0 Å². The summed E-state index contributed by atoms with van der Waals surface area (Å²) in [5.41, 5.74) is 5.65. The van der Waals surface area contributed by atoms with Gasteiger partial charge in [-0.3, -0.25) is 9.59 Å². The Hall–Kier alpha value is -4.07. The predicted octanol–water partition coefficient (Wildman–Crippen LogP) is 4.61. The van der Waals surface area contributed by atoms with Gasteiger partial charge in [-0.05, 0) is 54.7 Å². The number of nitrogens with one attached hydrogen (secondary N) is 2. The number of ether oxygens (including phenoxy) is 1. The monoisotopic (exact) mass is 459 g/mol. The maximum atomic E-state index is 13.6. The van der Waals surface area contributed by atoms with Crippen LogP contribution in [0.1, 0.15) is 54.0 Å². The maximum absolute atomic E-state index is 13.6. The van der Waals surface area contributed by atoms with Gasteiger partial charge in [0.1, 0.15) is 0 Å². The van der Waals surface area contributed by atoms with Crippen molar-refractivity contribution in [3.05, 3.63) is 76.1 Å². The minimum atomic E-state index is -0.313. The molecular weight excluding hydrogens is 434 g/mol. The topological polar surface area (TPSA) is 114 Å². The second-order valence-corrected chi connectivity index (χ2v) is 8.72. The van der Waals surface area contributed by atoms with Gasteiger partial charge < -0.3 is 25.0 Å². The van der Waals surface area contributed by atoms with Crippen molar-refractivity contribution in [3.8, 4) is 11.5 Å². The average molecular weight is 460 g/mol. The molecular formula is C26H25N3O5. The lowest BCUT2D eigenvalue weighted by atomic mass is 9.72. The third-order valence-corrected chi connectivity index (χ3v) is 6.50. The van der Waals surface area contributed by atoms with Gasteiger partial charge in [0, 0.05) is 36.2 Å². The van der Waals surface area contributed by atoms with Crippen LogP contribution < -0.4 is 15.4 Å². The first-order valence-electron chi connectivity index (χ1n) is 11.1. The Labute approximate surface area is 196 Å². The molecule has 5 rings (SSSR count). The number of phenolic OH excluding ortho intramolecular Hbond substituents is 1. The van der Waals surface area contributed by atoms with Crippen LogP contribution in [0.2, 0.25) is 0 Å². The van der Waals surface area contributed by atoms with Crippen molar-refractivity contribution in [3.63, 3.8) is 0 Å². The fourth-order valence-corrected chi connectivity index (χ4v) is 4.95. The molecule has 8 nitrogen and oxygen atoms in total. The molecule has 0 saturated heterocycles. The van der Waals surface area contributed by atoms with E-state index in [9.17, 15) is 14.7 Å². The second kappa shape index (κ2) is 8.37. The molecule has 34 heavy (non-hydrogen) atoms. The molecule has 2 aliphatic rings. The SMILES string of the molecule is COc1cc(C2CC(=O)C3=C(C2)Nc2onc(C)c2C3c2ccc(NC(C)=O)cc2)ccc1O. The van der Waals surface area contributed by atoms with E-state index in [4.69, 9.17) is 9.26 Å². The number of ketones is 1. The van der Waals surface area contributed by atoms with Crippen LogP contribution in [0.4, 0.5) is 11.6 Å². The molecule has 1 amide bonds. The molecule has 1 aliphatic heterocycles. The minimum Gasteiger partial charge on any atom is -0.504 e. The number of hydrogen-bond acceptors (Lipinski definition) is 7. The van der Waals surface area contributed by atoms with Crippen LogP contribution in [0, 0.1) is 6.92 Å². The molecule has 3 N–H and O–H groups in total. The van der Waals surface area contributed by atoms with Gasteiger partial charge >= 0.3 is 0 Å². The number of phenols is 1. The van der Waals surface area contributed by atoms with Crippen molar-refractivity contribution in [1.82, 2.24) is 5.16 Å². The first kappa shape index (κ1) is 21.8. The highest BCUT2D eigenvalue weighted by Gasteiger charge is 2.41. The standard InChI is InChI=1S/C26H25N3O5/c1-13-23-24(15-4-7-18(8-5-15)27-14(2)30)25-19(28-26(23)34-29-13)10-17(11-21(25)32)16-6-9-20(31)22(12-16)33-3/h4-9,12,17,24,28,31H,10-11H2,1-3H3,(H,27,30). The molecule has 0 fully saturated rings. The number of allylic oxidation sites excluding steroid dienone is 2. The Balaban J connectivity index is 1.55. The van der Waals surface area contributed by atoms with Crippen LogP contribution in [0.3, 0.4) is 0 Å². The average Bonchev–Trinajstić information content (AvgIpc) is 3.18. The Morgan fingerprint density at radius 3 is 2.62 bits per heavy atom. The number of aromatic nitrogens is 1. The van der Waals surface area contributed by atoms with Crippen molar-refractivity contribution in [2.24, 2.45) is 0 Å². The third-order valence-electron chi connectivity index (χ3n) is 6.50. The summed E-state index contributed by atoms with van der Waals surface area (Å²) in [6, 6.07) is 12.7. The number of carbonyl (C=O) groups excluding carboxylic acids is 2. The summed E-state index contributed by atoms with van der Waals surface area (Å²) >= 11 is 0. The van der Waals surface area contributed by atoms with Crippen molar-refractivity contribution in [2.45, 2.75) is 38.5 Å². The Kier molecular flexibility index (Phi) is 5.36. The molecule has 0 bridgehead atoms. The van der Waals surface area contributed by atoms with Gasteiger partial charge in [0.25, 0.3) is 0 Å². The molecule has 1 aliphatic carbocycles. The van der Waals surface area contributed by atoms with Gasteiger partial charge in [-0.25, -0.2) is 0 Å². The van der Waals surface area contributed by atoms with Crippen LogP contribution in [-0.2, 0) is 9.59 Å². The van der Waals surface area contributed by atoms with E-state index in [1.807, 2.05) is 37.3 Å². The van der Waals surface area contributed by atoms with Crippen LogP contribution in [0.15, 0.2) is 58.3 Å². The zero-order valence-corrected chi connectivity index (χ0v) is 19.1. The van der Waals surface area contributed by atoms with Crippen molar-refractivity contribution in [2.75, 3.05) is 17.7 Å². The van der Waals surface area contributed by atoms with Crippen LogP contribution in [-0.4, -0.2) is 29.1 Å². The number of fused-ring (bicyclic) bond motifs is 1.